The van der Waals surface area contributed by atoms with Gasteiger partial charge in [0.2, 0.25) is 0 Å². The molecule has 0 spiro atoms. The van der Waals surface area contributed by atoms with E-state index in [-0.39, 0.29) is 0 Å². The summed E-state index contributed by atoms with van der Waals surface area (Å²) in [5, 5.41) is 15.2. The summed E-state index contributed by atoms with van der Waals surface area (Å²) in [6.07, 6.45) is 0. The molecular formula is C46H24N2S2. The molecule has 2 nitrogen and oxygen atoms in total. The van der Waals surface area contributed by atoms with E-state index in [4.69, 9.17) is 0 Å². The summed E-state index contributed by atoms with van der Waals surface area (Å²) in [6, 6.07) is 60.7. The molecule has 8 aromatic carbocycles. The predicted molar refractivity (Wildman–Crippen MR) is 218 cm³/mol. The molecule has 230 valence electrons. The fourth-order valence-electron chi connectivity index (χ4n) is 8.43. The van der Waals surface area contributed by atoms with Crippen molar-refractivity contribution in [1.29, 1.82) is 0 Å². The van der Waals surface area contributed by atoms with Crippen molar-refractivity contribution in [1.82, 2.24) is 9.13 Å². The number of aromatic nitrogens is 2. The van der Waals surface area contributed by atoms with Crippen LogP contribution in [0.1, 0.15) is 0 Å². The van der Waals surface area contributed by atoms with Crippen LogP contribution in [-0.4, -0.2) is 9.13 Å². The number of rotatable bonds is 0. The fraction of sp³-hybridized carbons (Fsp3) is 0. The molecule has 4 aromatic heterocycles. The van der Waals surface area contributed by atoms with Crippen molar-refractivity contribution in [2.45, 2.75) is 0 Å². The Morgan fingerprint density at radius 1 is 0.300 bits per heavy atom. The van der Waals surface area contributed by atoms with Gasteiger partial charge in [-0.05, 0) is 24.3 Å². The number of hydrogen-bond acceptors (Lipinski definition) is 2. The first-order valence-electron chi connectivity index (χ1n) is 16.9. The van der Waals surface area contributed by atoms with Gasteiger partial charge in [-0.25, -0.2) is 0 Å². The Hall–Kier alpha value is -6.12. The van der Waals surface area contributed by atoms with Crippen molar-refractivity contribution in [3.8, 4) is 12.1 Å². The zero-order chi connectivity index (χ0) is 32.5. The van der Waals surface area contributed by atoms with Crippen molar-refractivity contribution in [2.75, 3.05) is 0 Å². The van der Waals surface area contributed by atoms with Gasteiger partial charge in [0, 0.05) is 95.5 Å². The summed E-state index contributed by atoms with van der Waals surface area (Å²) in [7, 11) is 0. The predicted octanol–water partition coefficient (Wildman–Crippen LogP) is 13.3. The third-order valence-corrected chi connectivity index (χ3v) is 13.1. The zero-order valence-corrected chi connectivity index (χ0v) is 28.2. The van der Waals surface area contributed by atoms with E-state index >= 15 is 0 Å². The Morgan fingerprint density at radius 3 is 1.06 bits per heavy atom. The minimum absolute atomic E-state index is 1.12. The van der Waals surface area contributed by atoms with Crippen LogP contribution in [0.15, 0.2) is 146 Å². The van der Waals surface area contributed by atoms with Crippen LogP contribution in [0.5, 0.6) is 0 Å². The van der Waals surface area contributed by atoms with Crippen molar-refractivity contribution in [3.05, 3.63) is 146 Å². The first kappa shape index (κ1) is 26.8. The second-order valence-electron chi connectivity index (χ2n) is 13.1. The van der Waals surface area contributed by atoms with Crippen LogP contribution in [0, 0.1) is 12.1 Å². The topological polar surface area (TPSA) is 9.86 Å². The van der Waals surface area contributed by atoms with E-state index in [1.807, 2.05) is 22.7 Å². The maximum atomic E-state index is 3.72. The normalized spacial score (nSPS) is 12.2. The number of nitrogens with zero attached hydrogens (tertiary/aromatic N) is 2. The maximum Gasteiger partial charge on any atom is 0.0704 e. The largest absolute Gasteiger partial charge is 0.266 e. The minimum Gasteiger partial charge on any atom is -0.266 e. The number of hydrogen-bond donors (Lipinski definition) is 0. The SMILES string of the molecule is C(#Cn1c2ccccc2c2ccc3c(ccc4c5ccccc5sc43)c21)n1c2ccccc2c2ccc3c(ccc4c5ccccc5sc43)c21. The van der Waals surface area contributed by atoms with E-state index in [1.165, 1.54) is 83.4 Å². The van der Waals surface area contributed by atoms with Crippen LogP contribution < -0.4 is 0 Å². The van der Waals surface area contributed by atoms with Crippen LogP contribution in [0.25, 0.3) is 106 Å². The van der Waals surface area contributed by atoms with E-state index in [0.29, 0.717) is 0 Å². The third kappa shape index (κ3) is 3.43. The summed E-state index contributed by atoms with van der Waals surface area (Å²) in [5.74, 6) is 0. The average Bonchev–Trinajstić information content (AvgIpc) is 3.92. The monoisotopic (exact) mass is 668 g/mol. The van der Waals surface area contributed by atoms with Gasteiger partial charge in [0.1, 0.15) is 0 Å². The number of benzene rings is 8. The highest BCUT2D eigenvalue weighted by molar-refractivity contribution is 7.27. The Kier molecular flexibility index (Phi) is 5.22. The number of fused-ring (bicyclic) bond motifs is 18. The first-order chi connectivity index (χ1) is 24.8. The highest BCUT2D eigenvalue weighted by Gasteiger charge is 2.18. The van der Waals surface area contributed by atoms with Gasteiger partial charge >= 0.3 is 0 Å². The van der Waals surface area contributed by atoms with Crippen LogP contribution >= 0.6 is 22.7 Å². The summed E-state index contributed by atoms with van der Waals surface area (Å²) < 4.78 is 9.78. The Bertz CT molecular complexity index is 3270. The molecule has 0 unspecified atom stereocenters. The molecule has 4 heterocycles. The first-order valence-corrected chi connectivity index (χ1v) is 18.5. The Labute approximate surface area is 293 Å². The minimum atomic E-state index is 1.12. The molecule has 0 N–H and O–H groups in total. The van der Waals surface area contributed by atoms with Gasteiger partial charge in [-0.15, -0.1) is 22.7 Å². The highest BCUT2D eigenvalue weighted by atomic mass is 32.1. The maximum absolute atomic E-state index is 3.72. The summed E-state index contributed by atoms with van der Waals surface area (Å²) in [4.78, 5) is 0. The lowest BCUT2D eigenvalue weighted by Crippen LogP contribution is -1.94. The van der Waals surface area contributed by atoms with Crippen LogP contribution in [0.2, 0.25) is 0 Å². The second kappa shape index (κ2) is 9.74. The van der Waals surface area contributed by atoms with Gasteiger partial charge in [-0.3, -0.25) is 9.13 Å². The molecule has 0 bridgehead atoms. The molecule has 0 aliphatic rings. The van der Waals surface area contributed by atoms with Crippen molar-refractivity contribution < 1.29 is 0 Å². The number of thiophene rings is 2. The van der Waals surface area contributed by atoms with Crippen molar-refractivity contribution >= 4 is 128 Å². The van der Waals surface area contributed by atoms with E-state index in [2.05, 4.69) is 167 Å². The standard InChI is InChI=1S/C46H24N2S2/c1-5-13-39-27(9-1)31-17-23-37-33(19-21-35-29-11-3-7-15-41(29)49-45(35)37)43(31)47(39)25-26-48-40-14-6-2-10-28(40)32-18-24-38-34(44(32)48)20-22-36-30-12-4-8-16-42(30)50-46(36)38/h1-24H. The van der Waals surface area contributed by atoms with Gasteiger partial charge < -0.3 is 0 Å². The molecule has 0 atom stereocenters. The van der Waals surface area contributed by atoms with Gasteiger partial charge in [0.15, 0.2) is 0 Å². The number of para-hydroxylation sites is 2. The molecule has 0 aliphatic heterocycles. The summed E-state index contributed by atoms with van der Waals surface area (Å²) >= 11 is 3.76. The third-order valence-electron chi connectivity index (χ3n) is 10.6. The van der Waals surface area contributed by atoms with Gasteiger partial charge in [-0.1, -0.05) is 121 Å². The van der Waals surface area contributed by atoms with Gasteiger partial charge in [0.05, 0.1) is 22.1 Å². The summed E-state index contributed by atoms with van der Waals surface area (Å²) in [5.41, 5.74) is 4.56. The molecule has 0 radical (unpaired) electrons. The van der Waals surface area contributed by atoms with E-state index in [0.717, 1.165) is 22.1 Å². The molecule has 12 aromatic rings. The van der Waals surface area contributed by atoms with Gasteiger partial charge in [0.25, 0.3) is 0 Å². The van der Waals surface area contributed by atoms with Crippen LogP contribution in [0.4, 0.5) is 0 Å². The summed E-state index contributed by atoms with van der Waals surface area (Å²) in [6.45, 7) is 0. The lowest BCUT2D eigenvalue weighted by atomic mass is 10.0. The molecular weight excluding hydrogens is 645 g/mol. The van der Waals surface area contributed by atoms with Crippen molar-refractivity contribution in [3.63, 3.8) is 0 Å². The molecule has 0 aliphatic carbocycles. The van der Waals surface area contributed by atoms with E-state index < -0.39 is 0 Å². The Morgan fingerprint density at radius 2 is 0.620 bits per heavy atom. The smallest absolute Gasteiger partial charge is 0.0704 e. The molecule has 0 saturated carbocycles. The lowest BCUT2D eigenvalue weighted by molar-refractivity contribution is 1.21. The molecule has 0 saturated heterocycles. The molecule has 0 amide bonds. The van der Waals surface area contributed by atoms with Gasteiger partial charge in [-0.2, -0.15) is 0 Å². The molecule has 12 rings (SSSR count). The lowest BCUT2D eigenvalue weighted by Gasteiger charge is -2.06. The fourth-order valence-corrected chi connectivity index (χ4v) is 10.9. The Balaban J connectivity index is 1.19. The van der Waals surface area contributed by atoms with Crippen LogP contribution in [-0.2, 0) is 0 Å². The molecule has 50 heavy (non-hydrogen) atoms. The van der Waals surface area contributed by atoms with E-state index in [9.17, 15) is 0 Å². The zero-order valence-electron chi connectivity index (χ0n) is 26.6. The van der Waals surface area contributed by atoms with Crippen molar-refractivity contribution in [2.24, 2.45) is 0 Å². The van der Waals surface area contributed by atoms with E-state index in [1.54, 1.807) is 0 Å². The average molecular weight is 669 g/mol. The quantitative estimate of drug-likeness (QED) is 0.142. The van der Waals surface area contributed by atoms with Crippen LogP contribution in [0.3, 0.4) is 0 Å². The second-order valence-corrected chi connectivity index (χ2v) is 15.2. The molecule has 0 fully saturated rings. The highest BCUT2D eigenvalue weighted by Crippen LogP contribution is 2.44. The molecule has 4 heteroatoms.